The molecule has 0 radical (unpaired) electrons. The molecule has 0 fully saturated rings. The summed E-state index contributed by atoms with van der Waals surface area (Å²) in [6.07, 6.45) is 4.49. The third kappa shape index (κ3) is 4.76. The molecule has 1 aliphatic heterocycles. The number of Topliss-reactive ketones (excluding diaryl/α,β-unsaturated/α-hetero) is 1. The Morgan fingerprint density at radius 3 is 2.62 bits per heavy atom. The first kappa shape index (κ1) is 24.1. The lowest BCUT2D eigenvalue weighted by Crippen LogP contribution is -2.03. The summed E-state index contributed by atoms with van der Waals surface area (Å²) in [6, 6.07) is 20.4. The Balaban J connectivity index is 1.56. The summed E-state index contributed by atoms with van der Waals surface area (Å²) < 4.78 is 18.3. The number of hydrogen-bond donors (Lipinski definition) is 0. The molecule has 7 heteroatoms. The molecule has 1 aromatic heterocycles. The van der Waals surface area contributed by atoms with Gasteiger partial charge in [0.05, 0.1) is 30.5 Å². The van der Waals surface area contributed by atoms with Gasteiger partial charge in [0.25, 0.3) is 0 Å². The van der Waals surface area contributed by atoms with E-state index in [-0.39, 0.29) is 17.1 Å². The van der Waals surface area contributed by atoms with Crippen LogP contribution in [0.3, 0.4) is 0 Å². The van der Waals surface area contributed by atoms with Gasteiger partial charge >= 0.3 is 5.97 Å². The lowest BCUT2D eigenvalue weighted by atomic mass is 10.0. The Bertz CT molecular complexity index is 1520. The molecule has 7 nitrogen and oxygen atoms in total. The maximum atomic E-state index is 13.2. The first-order valence-corrected chi connectivity index (χ1v) is 12.0. The molecular weight excluding hydrogens is 468 g/mol. The van der Waals surface area contributed by atoms with E-state index in [0.29, 0.717) is 23.6 Å². The third-order valence-corrected chi connectivity index (χ3v) is 6.05. The standard InChI is InChI=1S/C30H26N2O5/c1-4-14-36-25-12-10-20(15-19(25)2)28-22(18-32(31-28)23-8-6-5-7-9-23)17-27-29(33)24-16-21(30(34)35-3)11-13-26(24)37-27/h5-13,15-18H,4,14H2,1-3H3/b27-17-. The van der Waals surface area contributed by atoms with Crippen LogP contribution in [0.15, 0.2) is 78.7 Å². The topological polar surface area (TPSA) is 79.7 Å². The summed E-state index contributed by atoms with van der Waals surface area (Å²) in [5.74, 6) is 0.568. The number of rotatable bonds is 7. The van der Waals surface area contributed by atoms with Crippen LogP contribution >= 0.6 is 0 Å². The van der Waals surface area contributed by atoms with Crippen molar-refractivity contribution in [2.45, 2.75) is 20.3 Å². The van der Waals surface area contributed by atoms with Crippen molar-refractivity contribution in [2.24, 2.45) is 0 Å². The van der Waals surface area contributed by atoms with Crippen molar-refractivity contribution in [3.63, 3.8) is 0 Å². The van der Waals surface area contributed by atoms with Gasteiger partial charge in [-0.2, -0.15) is 5.10 Å². The van der Waals surface area contributed by atoms with Crippen molar-refractivity contribution in [1.82, 2.24) is 9.78 Å². The van der Waals surface area contributed by atoms with Crippen molar-refractivity contribution in [3.8, 4) is 28.4 Å². The van der Waals surface area contributed by atoms with Crippen LogP contribution < -0.4 is 9.47 Å². The lowest BCUT2D eigenvalue weighted by molar-refractivity contribution is 0.0600. The monoisotopic (exact) mass is 494 g/mol. The van der Waals surface area contributed by atoms with E-state index in [1.165, 1.54) is 13.2 Å². The van der Waals surface area contributed by atoms with E-state index in [9.17, 15) is 9.59 Å². The lowest BCUT2D eigenvalue weighted by Gasteiger charge is -2.09. The average molecular weight is 495 g/mol. The molecule has 0 N–H and O–H groups in total. The zero-order chi connectivity index (χ0) is 25.9. The van der Waals surface area contributed by atoms with E-state index >= 15 is 0 Å². The molecule has 0 unspecified atom stereocenters. The number of fused-ring (bicyclic) bond motifs is 1. The smallest absolute Gasteiger partial charge is 0.337 e. The number of methoxy groups -OCH3 is 1. The number of carbonyl (C=O) groups excluding carboxylic acids is 2. The van der Waals surface area contributed by atoms with E-state index in [1.807, 2.05) is 61.7 Å². The third-order valence-electron chi connectivity index (χ3n) is 6.05. The predicted molar refractivity (Wildman–Crippen MR) is 140 cm³/mol. The molecule has 0 aliphatic carbocycles. The summed E-state index contributed by atoms with van der Waals surface area (Å²) in [7, 11) is 1.30. The molecule has 0 amide bonds. The van der Waals surface area contributed by atoms with E-state index in [1.54, 1.807) is 22.9 Å². The number of benzene rings is 3. The number of ketones is 1. The molecular formula is C30H26N2O5. The fraction of sp³-hybridized carbons (Fsp3) is 0.167. The quantitative estimate of drug-likeness (QED) is 0.230. The Labute approximate surface area is 214 Å². The van der Waals surface area contributed by atoms with Crippen LogP contribution in [0.4, 0.5) is 0 Å². The van der Waals surface area contributed by atoms with Crippen molar-refractivity contribution in [3.05, 3.63) is 101 Å². The fourth-order valence-corrected chi connectivity index (χ4v) is 4.18. The van der Waals surface area contributed by atoms with E-state index < -0.39 is 5.97 Å². The number of carbonyl (C=O) groups is 2. The molecule has 0 atom stereocenters. The van der Waals surface area contributed by atoms with E-state index in [4.69, 9.17) is 19.3 Å². The van der Waals surface area contributed by atoms with Crippen molar-refractivity contribution in [1.29, 1.82) is 0 Å². The Morgan fingerprint density at radius 1 is 1.08 bits per heavy atom. The Kier molecular flexibility index (Phi) is 6.60. The Morgan fingerprint density at radius 2 is 1.89 bits per heavy atom. The zero-order valence-corrected chi connectivity index (χ0v) is 20.9. The largest absolute Gasteiger partial charge is 0.493 e. The molecule has 5 rings (SSSR count). The van der Waals surface area contributed by atoms with E-state index in [0.717, 1.165) is 34.5 Å². The van der Waals surface area contributed by atoms with Crippen LogP contribution in [-0.4, -0.2) is 35.2 Å². The van der Waals surface area contributed by atoms with Crippen LogP contribution in [0.5, 0.6) is 11.5 Å². The molecule has 4 aromatic rings. The minimum absolute atomic E-state index is 0.158. The highest BCUT2D eigenvalue weighted by Crippen LogP contribution is 2.35. The number of aryl methyl sites for hydroxylation is 1. The van der Waals surface area contributed by atoms with Gasteiger partial charge in [-0.25, -0.2) is 9.48 Å². The highest BCUT2D eigenvalue weighted by atomic mass is 16.5. The molecule has 186 valence electrons. The second-order valence-electron chi connectivity index (χ2n) is 8.68. The molecule has 37 heavy (non-hydrogen) atoms. The number of nitrogens with zero attached hydrogens (tertiary/aromatic N) is 2. The Hall–Kier alpha value is -4.65. The normalized spacial score (nSPS) is 13.4. The van der Waals surface area contributed by atoms with Crippen LogP contribution in [0.2, 0.25) is 0 Å². The predicted octanol–water partition coefficient (Wildman–Crippen LogP) is 6.04. The SMILES string of the molecule is CCCOc1ccc(-c2nn(-c3ccccc3)cc2/C=C2\Oc3ccc(C(=O)OC)cc3C2=O)cc1C. The van der Waals surface area contributed by atoms with Gasteiger partial charge in [-0.3, -0.25) is 4.79 Å². The molecule has 0 saturated heterocycles. The summed E-state index contributed by atoms with van der Waals surface area (Å²) in [6.45, 7) is 4.72. The van der Waals surface area contributed by atoms with Crippen molar-refractivity contribution >= 4 is 17.8 Å². The van der Waals surface area contributed by atoms with Gasteiger partial charge in [0.2, 0.25) is 5.78 Å². The van der Waals surface area contributed by atoms with Crippen LogP contribution in [0.25, 0.3) is 23.0 Å². The number of ether oxygens (including phenoxy) is 3. The molecule has 1 aliphatic rings. The molecule has 0 saturated carbocycles. The molecule has 0 bridgehead atoms. The van der Waals surface area contributed by atoms with Gasteiger partial charge in [0, 0.05) is 17.3 Å². The number of para-hydroxylation sites is 1. The second kappa shape index (κ2) is 10.1. The van der Waals surface area contributed by atoms with Gasteiger partial charge in [-0.1, -0.05) is 25.1 Å². The summed E-state index contributed by atoms with van der Waals surface area (Å²) in [5.41, 5.74) is 4.79. The van der Waals surface area contributed by atoms with Gasteiger partial charge in [0.15, 0.2) is 5.76 Å². The number of esters is 1. The summed E-state index contributed by atoms with van der Waals surface area (Å²) in [5, 5.41) is 4.85. The summed E-state index contributed by atoms with van der Waals surface area (Å²) in [4.78, 5) is 25.1. The minimum Gasteiger partial charge on any atom is -0.493 e. The first-order valence-electron chi connectivity index (χ1n) is 12.0. The minimum atomic E-state index is -0.513. The van der Waals surface area contributed by atoms with Crippen molar-refractivity contribution in [2.75, 3.05) is 13.7 Å². The molecule has 3 aromatic carbocycles. The second-order valence-corrected chi connectivity index (χ2v) is 8.68. The first-order chi connectivity index (χ1) is 18.0. The highest BCUT2D eigenvalue weighted by molar-refractivity contribution is 6.15. The number of allylic oxidation sites excluding steroid dienone is 1. The van der Waals surface area contributed by atoms with Gasteiger partial charge in [-0.05, 0) is 73.5 Å². The number of hydrogen-bond acceptors (Lipinski definition) is 6. The van der Waals surface area contributed by atoms with Crippen LogP contribution in [0.1, 0.15) is 45.2 Å². The van der Waals surface area contributed by atoms with E-state index in [2.05, 4.69) is 6.92 Å². The summed E-state index contributed by atoms with van der Waals surface area (Å²) >= 11 is 0. The van der Waals surface area contributed by atoms with Crippen LogP contribution in [-0.2, 0) is 4.74 Å². The molecule has 0 spiro atoms. The maximum absolute atomic E-state index is 13.2. The van der Waals surface area contributed by atoms with Gasteiger partial charge < -0.3 is 14.2 Å². The maximum Gasteiger partial charge on any atom is 0.337 e. The van der Waals surface area contributed by atoms with Gasteiger partial charge in [0.1, 0.15) is 17.2 Å². The zero-order valence-electron chi connectivity index (χ0n) is 20.9. The highest BCUT2D eigenvalue weighted by Gasteiger charge is 2.29. The average Bonchev–Trinajstić information content (AvgIpc) is 3.49. The fourth-order valence-electron chi connectivity index (χ4n) is 4.18. The van der Waals surface area contributed by atoms with Crippen LogP contribution in [0, 0.1) is 6.92 Å². The van der Waals surface area contributed by atoms with Crippen molar-refractivity contribution < 1.29 is 23.8 Å². The number of aromatic nitrogens is 2. The molecule has 2 heterocycles. The van der Waals surface area contributed by atoms with Gasteiger partial charge in [-0.15, -0.1) is 0 Å².